The van der Waals surface area contributed by atoms with Crippen molar-refractivity contribution < 1.29 is 0 Å². The van der Waals surface area contributed by atoms with Crippen LogP contribution in [0.5, 0.6) is 0 Å². The number of nitrogens with zero attached hydrogens (tertiary/aromatic N) is 1. The Hall–Kier alpha value is -0.210. The molecule has 0 saturated heterocycles. The van der Waals surface area contributed by atoms with Crippen molar-refractivity contribution in [1.29, 1.82) is 0 Å². The van der Waals surface area contributed by atoms with E-state index in [-0.39, 0.29) is 0 Å². The summed E-state index contributed by atoms with van der Waals surface area (Å²) >= 11 is 9.49. The van der Waals surface area contributed by atoms with Gasteiger partial charge in [-0.25, -0.2) is 0 Å². The normalized spacial score (nSPS) is 10.9. The van der Waals surface area contributed by atoms with Crippen LogP contribution < -0.4 is 4.90 Å². The molecule has 0 saturated carbocycles. The van der Waals surface area contributed by atoms with Gasteiger partial charge < -0.3 is 4.90 Å². The van der Waals surface area contributed by atoms with E-state index in [1.54, 1.807) is 0 Å². The lowest BCUT2D eigenvalue weighted by molar-refractivity contribution is 0.585. The van der Waals surface area contributed by atoms with Crippen molar-refractivity contribution in [3.63, 3.8) is 0 Å². The number of alkyl halides is 1. The fourth-order valence-electron chi connectivity index (χ4n) is 1.61. The van der Waals surface area contributed by atoms with Crippen LogP contribution in [0, 0.1) is 5.92 Å². The van der Waals surface area contributed by atoms with E-state index in [1.807, 2.05) is 12.1 Å². The average Bonchev–Trinajstić information content (AvgIpc) is 2.25. The third-order valence-electron chi connectivity index (χ3n) is 2.64. The number of hydrogen-bond acceptors (Lipinski definition) is 1. The molecule has 0 spiro atoms. The molecule has 90 valence electrons. The van der Waals surface area contributed by atoms with Gasteiger partial charge in [0.05, 0.1) is 0 Å². The number of hydrogen-bond donors (Lipinski definition) is 0. The summed E-state index contributed by atoms with van der Waals surface area (Å²) in [7, 11) is 2.14. The largest absolute Gasteiger partial charge is 0.374 e. The molecule has 0 aliphatic rings. The van der Waals surface area contributed by atoms with Gasteiger partial charge in [-0.05, 0) is 36.1 Å². The Morgan fingerprint density at radius 1 is 1.38 bits per heavy atom. The first-order valence-electron chi connectivity index (χ1n) is 5.60. The summed E-state index contributed by atoms with van der Waals surface area (Å²) in [4.78, 5) is 2.30. The fraction of sp³-hybridized carbons (Fsp3) is 0.538. The van der Waals surface area contributed by atoms with E-state index >= 15 is 0 Å². The Balaban J connectivity index is 2.77. The van der Waals surface area contributed by atoms with E-state index in [0.29, 0.717) is 0 Å². The van der Waals surface area contributed by atoms with Gasteiger partial charge >= 0.3 is 0 Å². The highest BCUT2D eigenvalue weighted by Gasteiger charge is 2.07. The van der Waals surface area contributed by atoms with Gasteiger partial charge in [0.25, 0.3) is 0 Å². The lowest BCUT2D eigenvalue weighted by Gasteiger charge is -2.23. The zero-order valence-electron chi connectivity index (χ0n) is 10.1. The molecule has 0 N–H and O–H groups in total. The van der Waals surface area contributed by atoms with Gasteiger partial charge in [-0.3, -0.25) is 0 Å². The van der Waals surface area contributed by atoms with E-state index in [4.69, 9.17) is 11.6 Å². The Morgan fingerprint density at radius 2 is 2.06 bits per heavy atom. The van der Waals surface area contributed by atoms with Crippen molar-refractivity contribution in [2.45, 2.75) is 25.6 Å². The monoisotopic (exact) mass is 303 g/mol. The summed E-state index contributed by atoms with van der Waals surface area (Å²) in [5.41, 5.74) is 2.51. The molecule has 0 unspecified atom stereocenters. The van der Waals surface area contributed by atoms with Gasteiger partial charge in [-0.1, -0.05) is 41.4 Å². The Morgan fingerprint density at radius 3 is 2.62 bits per heavy atom. The molecule has 0 heterocycles. The quantitative estimate of drug-likeness (QED) is 0.712. The molecule has 0 aliphatic carbocycles. The highest BCUT2D eigenvalue weighted by Crippen LogP contribution is 2.26. The second-order valence-electron chi connectivity index (χ2n) is 4.51. The van der Waals surface area contributed by atoms with Crippen molar-refractivity contribution in [3.05, 3.63) is 28.8 Å². The minimum atomic E-state index is 0.738. The van der Waals surface area contributed by atoms with Crippen LogP contribution in [0.25, 0.3) is 0 Å². The van der Waals surface area contributed by atoms with E-state index < -0.39 is 0 Å². The lowest BCUT2D eigenvalue weighted by Crippen LogP contribution is -2.21. The molecule has 0 radical (unpaired) electrons. The third kappa shape index (κ3) is 3.99. The fourth-order valence-corrected chi connectivity index (χ4v) is 2.25. The molecule has 0 amide bonds. The molecular formula is C13H19BrClN. The molecule has 3 heteroatoms. The summed E-state index contributed by atoms with van der Waals surface area (Å²) in [6.07, 6.45) is 1.21. The summed E-state index contributed by atoms with van der Waals surface area (Å²) in [6, 6.07) is 6.08. The van der Waals surface area contributed by atoms with E-state index in [9.17, 15) is 0 Å². The van der Waals surface area contributed by atoms with Crippen LogP contribution in [0.15, 0.2) is 18.2 Å². The lowest BCUT2D eigenvalue weighted by atomic mass is 10.1. The van der Waals surface area contributed by atoms with Crippen LogP contribution >= 0.6 is 27.5 Å². The molecule has 16 heavy (non-hydrogen) atoms. The second kappa shape index (κ2) is 6.51. The van der Waals surface area contributed by atoms with Crippen LogP contribution in [0.3, 0.4) is 0 Å². The molecule has 0 aliphatic heterocycles. The smallest absolute Gasteiger partial charge is 0.0410 e. The van der Waals surface area contributed by atoms with Crippen LogP contribution in [0.1, 0.15) is 25.8 Å². The van der Waals surface area contributed by atoms with Crippen molar-refractivity contribution in [3.8, 4) is 0 Å². The Bertz CT molecular complexity index is 339. The number of halogens is 2. The zero-order chi connectivity index (χ0) is 12.1. The third-order valence-corrected chi connectivity index (χ3v) is 3.48. The van der Waals surface area contributed by atoms with Gasteiger partial charge in [0.1, 0.15) is 0 Å². The predicted molar refractivity (Wildman–Crippen MR) is 76.8 cm³/mol. The first-order chi connectivity index (χ1) is 7.54. The Kier molecular flexibility index (Phi) is 5.63. The maximum Gasteiger partial charge on any atom is 0.0410 e. The van der Waals surface area contributed by atoms with Gasteiger partial charge in [0.2, 0.25) is 0 Å². The molecule has 1 aromatic carbocycles. The molecular weight excluding hydrogens is 286 g/mol. The maximum atomic E-state index is 5.99. The van der Waals surface area contributed by atoms with Crippen LogP contribution in [0.2, 0.25) is 5.02 Å². The minimum absolute atomic E-state index is 0.738. The molecule has 0 bridgehead atoms. The number of benzene rings is 1. The van der Waals surface area contributed by atoms with Crippen LogP contribution in [0.4, 0.5) is 5.69 Å². The molecule has 1 nitrogen and oxygen atoms in total. The van der Waals surface area contributed by atoms with E-state index in [0.717, 1.165) is 22.8 Å². The van der Waals surface area contributed by atoms with Crippen molar-refractivity contribution in [1.82, 2.24) is 0 Å². The highest BCUT2D eigenvalue weighted by atomic mass is 79.9. The highest BCUT2D eigenvalue weighted by molar-refractivity contribution is 9.08. The van der Waals surface area contributed by atoms with Crippen LogP contribution in [-0.4, -0.2) is 13.6 Å². The van der Waals surface area contributed by atoms with Gasteiger partial charge in [0, 0.05) is 29.6 Å². The predicted octanol–water partition coefficient (Wildman–Crippen LogP) is 4.72. The van der Waals surface area contributed by atoms with E-state index in [2.05, 4.69) is 47.8 Å². The SMILES string of the molecule is CC(C)CCN(C)c1ccc(Cl)cc1CBr. The van der Waals surface area contributed by atoms with E-state index in [1.165, 1.54) is 17.7 Å². The number of rotatable bonds is 5. The van der Waals surface area contributed by atoms with Crippen molar-refractivity contribution in [2.24, 2.45) is 5.92 Å². The standard InChI is InChI=1S/C13H19BrClN/c1-10(2)6-7-16(3)13-5-4-12(15)8-11(13)9-14/h4-5,8,10H,6-7,9H2,1-3H3. The van der Waals surface area contributed by atoms with Crippen molar-refractivity contribution in [2.75, 3.05) is 18.5 Å². The number of anilines is 1. The van der Waals surface area contributed by atoms with Gasteiger partial charge in [-0.15, -0.1) is 0 Å². The molecule has 0 atom stereocenters. The first-order valence-corrected chi connectivity index (χ1v) is 7.10. The average molecular weight is 305 g/mol. The zero-order valence-corrected chi connectivity index (χ0v) is 12.5. The summed E-state index contributed by atoms with van der Waals surface area (Å²) in [6.45, 7) is 5.58. The molecule has 0 fully saturated rings. The Labute approximate surface area is 112 Å². The summed E-state index contributed by atoms with van der Waals surface area (Å²) in [5.74, 6) is 0.738. The first kappa shape index (κ1) is 13.9. The summed E-state index contributed by atoms with van der Waals surface area (Å²) < 4.78 is 0. The maximum absolute atomic E-state index is 5.99. The molecule has 0 aromatic heterocycles. The van der Waals surface area contributed by atoms with Crippen molar-refractivity contribution >= 4 is 33.2 Å². The molecule has 1 aromatic rings. The molecule has 1 rings (SSSR count). The minimum Gasteiger partial charge on any atom is -0.374 e. The summed E-state index contributed by atoms with van der Waals surface area (Å²) in [5, 5.41) is 1.64. The second-order valence-corrected chi connectivity index (χ2v) is 5.51. The van der Waals surface area contributed by atoms with Gasteiger partial charge in [-0.2, -0.15) is 0 Å². The topological polar surface area (TPSA) is 3.24 Å². The van der Waals surface area contributed by atoms with Gasteiger partial charge in [0.15, 0.2) is 0 Å². The van der Waals surface area contributed by atoms with Crippen LogP contribution in [-0.2, 0) is 5.33 Å².